The van der Waals surface area contributed by atoms with Gasteiger partial charge in [-0.25, -0.2) is 4.79 Å². The molecule has 2 aromatic rings. The average molecular weight is 409 g/mol. The van der Waals surface area contributed by atoms with E-state index in [0.717, 1.165) is 63.0 Å². The fraction of sp³-hybridized carbons (Fsp3) is 0.458. The van der Waals surface area contributed by atoms with Crippen LogP contribution in [0.5, 0.6) is 0 Å². The van der Waals surface area contributed by atoms with Crippen molar-refractivity contribution in [3.8, 4) is 0 Å². The van der Waals surface area contributed by atoms with E-state index < -0.39 is 0 Å². The van der Waals surface area contributed by atoms with Crippen molar-refractivity contribution < 1.29 is 9.53 Å². The van der Waals surface area contributed by atoms with Gasteiger partial charge in [-0.2, -0.15) is 0 Å². The molecule has 4 rings (SSSR count). The van der Waals surface area contributed by atoms with Crippen molar-refractivity contribution in [3.05, 3.63) is 60.2 Å². The molecule has 0 atom stereocenters. The number of nitrogens with zero attached hydrogens (tertiary/aromatic N) is 3. The van der Waals surface area contributed by atoms with Gasteiger partial charge in [0.05, 0.1) is 0 Å². The minimum Gasteiger partial charge on any atom is -0.445 e. The molecule has 6 nitrogen and oxygen atoms in total. The van der Waals surface area contributed by atoms with Crippen LogP contribution < -0.4 is 10.6 Å². The van der Waals surface area contributed by atoms with E-state index in [1.165, 1.54) is 18.5 Å². The van der Waals surface area contributed by atoms with Crippen LogP contribution in [-0.2, 0) is 11.3 Å². The van der Waals surface area contributed by atoms with E-state index >= 15 is 0 Å². The number of hydrogen-bond acceptors (Lipinski definition) is 5. The first-order valence-corrected chi connectivity index (χ1v) is 11.0. The number of piperazine rings is 1. The molecule has 2 aliphatic rings. The van der Waals surface area contributed by atoms with Crippen LogP contribution in [0.3, 0.4) is 0 Å². The molecule has 30 heavy (non-hydrogen) atoms. The summed E-state index contributed by atoms with van der Waals surface area (Å²) in [5, 5.41) is 0. The molecule has 6 heteroatoms. The number of amides is 1. The number of hydrogen-bond donors (Lipinski definition) is 1. The maximum Gasteiger partial charge on any atom is 0.410 e. The highest BCUT2D eigenvalue weighted by Crippen LogP contribution is 2.25. The third kappa shape index (κ3) is 5.45. The zero-order chi connectivity index (χ0) is 20.8. The summed E-state index contributed by atoms with van der Waals surface area (Å²) in [4.78, 5) is 19.1. The molecule has 0 radical (unpaired) electrons. The van der Waals surface area contributed by atoms with Crippen LogP contribution in [0.1, 0.15) is 18.4 Å². The van der Waals surface area contributed by atoms with Crippen LogP contribution in [-0.4, -0.2) is 61.7 Å². The number of nitrogens with two attached hydrogens (primary N) is 1. The summed E-state index contributed by atoms with van der Waals surface area (Å²) in [5.41, 5.74) is 8.91. The van der Waals surface area contributed by atoms with E-state index in [4.69, 9.17) is 10.5 Å². The van der Waals surface area contributed by atoms with Crippen LogP contribution in [0.4, 0.5) is 16.2 Å². The van der Waals surface area contributed by atoms with Crippen LogP contribution in [0.15, 0.2) is 54.6 Å². The van der Waals surface area contributed by atoms with Gasteiger partial charge in [0.25, 0.3) is 0 Å². The molecule has 1 amide bonds. The molecular weight excluding hydrogens is 376 g/mol. The van der Waals surface area contributed by atoms with E-state index in [1.807, 2.05) is 47.4 Å². The predicted octanol–water partition coefficient (Wildman–Crippen LogP) is 3.44. The Morgan fingerprint density at radius 2 is 1.57 bits per heavy atom. The Kier molecular flexibility index (Phi) is 6.74. The first kappa shape index (κ1) is 20.5. The van der Waals surface area contributed by atoms with Crippen LogP contribution in [0, 0.1) is 5.92 Å². The van der Waals surface area contributed by atoms with Crippen LogP contribution >= 0.6 is 0 Å². The lowest BCUT2D eigenvalue weighted by atomic mass is 9.95. The van der Waals surface area contributed by atoms with Crippen molar-refractivity contribution in [3.63, 3.8) is 0 Å². The van der Waals surface area contributed by atoms with E-state index in [2.05, 4.69) is 21.9 Å². The molecule has 0 spiro atoms. The van der Waals surface area contributed by atoms with Gasteiger partial charge in [0.1, 0.15) is 6.61 Å². The minimum atomic E-state index is -0.199. The van der Waals surface area contributed by atoms with Gasteiger partial charge in [-0.15, -0.1) is 0 Å². The number of ether oxygens (including phenoxy) is 1. The van der Waals surface area contributed by atoms with Gasteiger partial charge in [0.15, 0.2) is 0 Å². The number of nitrogen functional groups attached to an aromatic ring is 1. The number of benzene rings is 2. The van der Waals surface area contributed by atoms with Gasteiger partial charge in [-0.05, 0) is 48.6 Å². The van der Waals surface area contributed by atoms with Gasteiger partial charge in [0.2, 0.25) is 0 Å². The second-order valence-corrected chi connectivity index (χ2v) is 8.35. The Balaban J connectivity index is 1.15. The van der Waals surface area contributed by atoms with Crippen molar-refractivity contribution in [1.29, 1.82) is 0 Å². The maximum absolute atomic E-state index is 12.3. The maximum atomic E-state index is 12.3. The van der Waals surface area contributed by atoms with Crippen LogP contribution in [0.25, 0.3) is 0 Å². The first-order chi connectivity index (χ1) is 14.7. The normalized spacial score (nSPS) is 18.4. The Morgan fingerprint density at radius 1 is 0.900 bits per heavy atom. The lowest BCUT2D eigenvalue weighted by Crippen LogP contribution is -2.50. The summed E-state index contributed by atoms with van der Waals surface area (Å²) in [5.74, 6) is 0.728. The summed E-state index contributed by atoms with van der Waals surface area (Å²) in [6.07, 6.45) is 2.23. The summed E-state index contributed by atoms with van der Waals surface area (Å²) in [6, 6.07) is 18.0. The highest BCUT2D eigenvalue weighted by Gasteiger charge is 2.26. The highest BCUT2D eigenvalue weighted by atomic mass is 16.6. The Bertz CT molecular complexity index is 796. The van der Waals surface area contributed by atoms with E-state index in [1.54, 1.807) is 0 Å². The number of carbonyl (C=O) groups is 1. The standard InChI is InChI=1S/C24H32N4O2/c25-22-6-8-23(9-7-22)27-12-10-20(11-13-27)18-26-14-16-28(17-15-26)24(29)30-19-21-4-2-1-3-5-21/h1-9,20H,10-19,25H2. The average Bonchev–Trinajstić information content (AvgIpc) is 2.80. The molecule has 2 fully saturated rings. The zero-order valence-corrected chi connectivity index (χ0v) is 17.6. The van der Waals surface area contributed by atoms with E-state index in [0.29, 0.717) is 6.61 Å². The fourth-order valence-electron chi connectivity index (χ4n) is 4.35. The monoisotopic (exact) mass is 408 g/mol. The zero-order valence-electron chi connectivity index (χ0n) is 17.6. The smallest absolute Gasteiger partial charge is 0.410 e. The Morgan fingerprint density at radius 3 is 2.23 bits per heavy atom. The number of piperidine rings is 1. The van der Waals surface area contributed by atoms with Gasteiger partial charge in [-0.3, -0.25) is 4.90 Å². The number of carbonyl (C=O) groups excluding carboxylic acids is 1. The molecule has 0 saturated carbocycles. The molecule has 0 bridgehead atoms. The summed E-state index contributed by atoms with van der Waals surface area (Å²) in [7, 11) is 0. The van der Waals surface area contributed by atoms with Gasteiger partial charge >= 0.3 is 6.09 Å². The van der Waals surface area contributed by atoms with Gasteiger partial charge in [-0.1, -0.05) is 30.3 Å². The van der Waals surface area contributed by atoms with Gasteiger partial charge < -0.3 is 20.3 Å². The Labute approximate surface area is 179 Å². The predicted molar refractivity (Wildman–Crippen MR) is 120 cm³/mol. The molecule has 2 aromatic carbocycles. The number of anilines is 2. The molecule has 2 aliphatic heterocycles. The topological polar surface area (TPSA) is 62.0 Å². The van der Waals surface area contributed by atoms with E-state index in [-0.39, 0.29) is 6.09 Å². The van der Waals surface area contributed by atoms with Gasteiger partial charge in [0, 0.05) is 57.2 Å². The van der Waals surface area contributed by atoms with Crippen molar-refractivity contribution >= 4 is 17.5 Å². The van der Waals surface area contributed by atoms with Crippen molar-refractivity contribution in [2.24, 2.45) is 5.92 Å². The summed E-state index contributed by atoms with van der Waals surface area (Å²) in [6.45, 7) is 7.02. The fourth-order valence-corrected chi connectivity index (χ4v) is 4.35. The SMILES string of the molecule is Nc1ccc(N2CCC(CN3CCN(C(=O)OCc4ccccc4)CC3)CC2)cc1. The van der Waals surface area contributed by atoms with Crippen molar-refractivity contribution in [2.75, 3.05) is 56.4 Å². The molecule has 0 aromatic heterocycles. The second-order valence-electron chi connectivity index (χ2n) is 8.35. The molecule has 0 aliphatic carbocycles. The highest BCUT2D eigenvalue weighted by molar-refractivity contribution is 5.67. The molecule has 2 N–H and O–H groups in total. The Hall–Kier alpha value is -2.73. The lowest BCUT2D eigenvalue weighted by molar-refractivity contribution is 0.0666. The largest absolute Gasteiger partial charge is 0.445 e. The summed E-state index contributed by atoms with van der Waals surface area (Å²) < 4.78 is 5.47. The molecule has 2 saturated heterocycles. The lowest BCUT2D eigenvalue weighted by Gasteiger charge is -2.39. The first-order valence-electron chi connectivity index (χ1n) is 11.0. The van der Waals surface area contributed by atoms with Crippen LogP contribution in [0.2, 0.25) is 0 Å². The molecule has 2 heterocycles. The minimum absolute atomic E-state index is 0.199. The third-order valence-corrected chi connectivity index (χ3v) is 6.22. The van der Waals surface area contributed by atoms with Crippen molar-refractivity contribution in [2.45, 2.75) is 19.4 Å². The molecule has 0 unspecified atom stereocenters. The quantitative estimate of drug-likeness (QED) is 0.768. The molecule has 160 valence electrons. The number of rotatable bonds is 5. The van der Waals surface area contributed by atoms with E-state index in [9.17, 15) is 4.79 Å². The van der Waals surface area contributed by atoms with Crippen molar-refractivity contribution in [1.82, 2.24) is 9.80 Å². The second kappa shape index (κ2) is 9.85. The third-order valence-electron chi connectivity index (χ3n) is 6.22. The summed E-state index contributed by atoms with van der Waals surface area (Å²) >= 11 is 0. The molecular formula is C24H32N4O2.